The summed E-state index contributed by atoms with van der Waals surface area (Å²) in [6.45, 7) is 3.37. The third kappa shape index (κ3) is 2.74. The highest BCUT2D eigenvalue weighted by Crippen LogP contribution is 2.21. The molecular weight excluding hydrogens is 204 g/mol. The topological polar surface area (TPSA) is 15.3 Å². The zero-order chi connectivity index (χ0) is 10.5. The fourth-order valence-corrected chi connectivity index (χ4v) is 2.22. The molecule has 1 saturated heterocycles. The number of hydrogen-bond acceptors (Lipinski definition) is 3. The van der Waals surface area contributed by atoms with Crippen molar-refractivity contribution < 1.29 is 0 Å². The van der Waals surface area contributed by atoms with E-state index in [1.807, 2.05) is 0 Å². The summed E-state index contributed by atoms with van der Waals surface area (Å²) in [5, 5.41) is 3.53. The van der Waals surface area contributed by atoms with Gasteiger partial charge in [-0.05, 0) is 17.7 Å². The molecule has 0 radical (unpaired) electrons. The van der Waals surface area contributed by atoms with E-state index < -0.39 is 0 Å². The SMILES string of the molecule is SCCCN1CCNC1c1ccccc1. The van der Waals surface area contributed by atoms with Crippen LogP contribution in [0, 0.1) is 0 Å². The number of nitrogens with one attached hydrogen (secondary N) is 1. The molecule has 82 valence electrons. The summed E-state index contributed by atoms with van der Waals surface area (Å²) in [4.78, 5) is 2.49. The first-order valence-corrected chi connectivity index (χ1v) is 6.18. The number of nitrogens with zero attached hydrogens (tertiary/aromatic N) is 1. The molecule has 1 aliphatic rings. The fourth-order valence-electron chi connectivity index (χ4n) is 2.08. The fraction of sp³-hybridized carbons (Fsp3) is 0.500. The molecule has 0 saturated carbocycles. The van der Waals surface area contributed by atoms with Crippen LogP contribution in [-0.2, 0) is 0 Å². The second-order valence-electron chi connectivity index (χ2n) is 3.88. The summed E-state index contributed by atoms with van der Waals surface area (Å²) in [7, 11) is 0. The number of rotatable bonds is 4. The second-order valence-corrected chi connectivity index (χ2v) is 4.33. The molecule has 2 rings (SSSR count). The first-order valence-electron chi connectivity index (χ1n) is 5.55. The molecular formula is C12H18N2S. The van der Waals surface area contributed by atoms with Gasteiger partial charge in [0.05, 0.1) is 6.17 Å². The Bertz CT molecular complexity index is 289. The van der Waals surface area contributed by atoms with Crippen molar-refractivity contribution in [2.75, 3.05) is 25.4 Å². The van der Waals surface area contributed by atoms with E-state index in [1.54, 1.807) is 0 Å². The van der Waals surface area contributed by atoms with Crippen molar-refractivity contribution in [3.05, 3.63) is 35.9 Å². The van der Waals surface area contributed by atoms with Crippen LogP contribution in [-0.4, -0.2) is 30.3 Å². The molecule has 3 heteroatoms. The van der Waals surface area contributed by atoms with Crippen molar-refractivity contribution in [3.63, 3.8) is 0 Å². The minimum atomic E-state index is 0.408. The molecule has 0 aliphatic carbocycles. The summed E-state index contributed by atoms with van der Waals surface area (Å²) in [6.07, 6.45) is 1.57. The standard InChI is InChI=1S/C12H18N2S/c15-10-4-8-14-9-7-13-12(14)11-5-2-1-3-6-11/h1-3,5-6,12-13,15H,4,7-10H2. The Morgan fingerprint density at radius 3 is 2.87 bits per heavy atom. The number of benzene rings is 1. The lowest BCUT2D eigenvalue weighted by Gasteiger charge is -2.23. The van der Waals surface area contributed by atoms with Crippen molar-refractivity contribution in [2.24, 2.45) is 0 Å². The predicted octanol–water partition coefficient (Wildman–Crippen LogP) is 1.91. The van der Waals surface area contributed by atoms with E-state index in [-0.39, 0.29) is 0 Å². The van der Waals surface area contributed by atoms with Crippen molar-refractivity contribution in [1.29, 1.82) is 0 Å². The van der Waals surface area contributed by atoms with Gasteiger partial charge in [-0.15, -0.1) is 0 Å². The van der Waals surface area contributed by atoms with Gasteiger partial charge in [-0.3, -0.25) is 10.2 Å². The molecule has 1 aromatic carbocycles. The summed E-state index contributed by atoms with van der Waals surface area (Å²) in [6, 6.07) is 10.7. The van der Waals surface area contributed by atoms with Gasteiger partial charge < -0.3 is 0 Å². The summed E-state index contributed by atoms with van der Waals surface area (Å²) in [5.41, 5.74) is 1.37. The van der Waals surface area contributed by atoms with Crippen molar-refractivity contribution in [2.45, 2.75) is 12.6 Å². The van der Waals surface area contributed by atoms with E-state index in [0.717, 1.165) is 31.8 Å². The summed E-state index contributed by atoms with van der Waals surface area (Å²) >= 11 is 4.26. The molecule has 1 unspecified atom stereocenters. The van der Waals surface area contributed by atoms with E-state index in [0.29, 0.717) is 6.17 Å². The zero-order valence-electron chi connectivity index (χ0n) is 8.89. The molecule has 1 aliphatic heterocycles. The van der Waals surface area contributed by atoms with Crippen molar-refractivity contribution in [3.8, 4) is 0 Å². The lowest BCUT2D eigenvalue weighted by molar-refractivity contribution is 0.246. The maximum atomic E-state index is 4.26. The van der Waals surface area contributed by atoms with Crippen LogP contribution < -0.4 is 5.32 Å². The van der Waals surface area contributed by atoms with E-state index in [1.165, 1.54) is 5.56 Å². The van der Waals surface area contributed by atoms with E-state index in [4.69, 9.17) is 0 Å². The number of hydrogen-bond donors (Lipinski definition) is 2. The molecule has 1 aromatic rings. The van der Waals surface area contributed by atoms with Crippen LogP contribution in [0.25, 0.3) is 0 Å². The maximum absolute atomic E-state index is 4.26. The van der Waals surface area contributed by atoms with Crippen LogP contribution in [0.4, 0.5) is 0 Å². The summed E-state index contributed by atoms with van der Waals surface area (Å²) < 4.78 is 0. The molecule has 0 spiro atoms. The maximum Gasteiger partial charge on any atom is 0.0861 e. The largest absolute Gasteiger partial charge is 0.297 e. The highest BCUT2D eigenvalue weighted by molar-refractivity contribution is 7.80. The minimum absolute atomic E-state index is 0.408. The third-order valence-corrected chi connectivity index (χ3v) is 3.14. The third-order valence-electron chi connectivity index (χ3n) is 2.82. The molecule has 0 amide bonds. The van der Waals surface area contributed by atoms with Crippen LogP contribution >= 0.6 is 12.6 Å². The molecule has 1 fully saturated rings. The van der Waals surface area contributed by atoms with Crippen molar-refractivity contribution >= 4 is 12.6 Å². The Morgan fingerprint density at radius 2 is 2.13 bits per heavy atom. The monoisotopic (exact) mass is 222 g/mol. The Kier molecular flexibility index (Phi) is 4.06. The first-order chi connectivity index (χ1) is 7.42. The molecule has 2 nitrogen and oxygen atoms in total. The zero-order valence-corrected chi connectivity index (χ0v) is 9.79. The Morgan fingerprint density at radius 1 is 1.33 bits per heavy atom. The van der Waals surface area contributed by atoms with Gasteiger partial charge in [-0.25, -0.2) is 0 Å². The van der Waals surface area contributed by atoms with Gasteiger partial charge in [0, 0.05) is 19.6 Å². The normalized spacial score (nSPS) is 22.1. The van der Waals surface area contributed by atoms with Gasteiger partial charge in [0.1, 0.15) is 0 Å². The summed E-state index contributed by atoms with van der Waals surface area (Å²) in [5.74, 6) is 0.970. The smallest absolute Gasteiger partial charge is 0.0861 e. The van der Waals surface area contributed by atoms with Crippen LogP contribution in [0.3, 0.4) is 0 Å². The Labute approximate surface area is 97.1 Å². The van der Waals surface area contributed by atoms with Crippen LogP contribution in [0.1, 0.15) is 18.2 Å². The first kappa shape index (κ1) is 11.0. The van der Waals surface area contributed by atoms with E-state index in [2.05, 4.69) is 53.2 Å². The quantitative estimate of drug-likeness (QED) is 0.757. The lowest BCUT2D eigenvalue weighted by Crippen LogP contribution is -2.28. The molecule has 1 atom stereocenters. The van der Waals surface area contributed by atoms with Gasteiger partial charge in [-0.1, -0.05) is 30.3 Å². The minimum Gasteiger partial charge on any atom is -0.297 e. The Hall–Kier alpha value is -0.510. The second kappa shape index (κ2) is 5.54. The van der Waals surface area contributed by atoms with Gasteiger partial charge in [0.15, 0.2) is 0 Å². The average Bonchev–Trinajstić information content (AvgIpc) is 2.75. The molecule has 0 aromatic heterocycles. The lowest BCUT2D eigenvalue weighted by atomic mass is 10.1. The highest BCUT2D eigenvalue weighted by atomic mass is 32.1. The molecule has 1 heterocycles. The molecule has 0 bridgehead atoms. The van der Waals surface area contributed by atoms with Crippen LogP contribution in [0.5, 0.6) is 0 Å². The van der Waals surface area contributed by atoms with E-state index in [9.17, 15) is 0 Å². The van der Waals surface area contributed by atoms with Crippen LogP contribution in [0.15, 0.2) is 30.3 Å². The Balaban J connectivity index is 2.01. The van der Waals surface area contributed by atoms with E-state index >= 15 is 0 Å². The molecule has 15 heavy (non-hydrogen) atoms. The predicted molar refractivity (Wildman–Crippen MR) is 67.2 cm³/mol. The van der Waals surface area contributed by atoms with Gasteiger partial charge >= 0.3 is 0 Å². The number of thiol groups is 1. The van der Waals surface area contributed by atoms with Gasteiger partial charge in [0.25, 0.3) is 0 Å². The van der Waals surface area contributed by atoms with Crippen LogP contribution in [0.2, 0.25) is 0 Å². The average molecular weight is 222 g/mol. The van der Waals surface area contributed by atoms with Gasteiger partial charge in [-0.2, -0.15) is 12.6 Å². The highest BCUT2D eigenvalue weighted by Gasteiger charge is 2.23. The molecule has 1 N–H and O–H groups in total. The van der Waals surface area contributed by atoms with Gasteiger partial charge in [0.2, 0.25) is 0 Å². The van der Waals surface area contributed by atoms with Crippen molar-refractivity contribution in [1.82, 2.24) is 10.2 Å².